The van der Waals surface area contributed by atoms with Crippen molar-refractivity contribution in [1.29, 1.82) is 0 Å². The highest BCUT2D eigenvalue weighted by Crippen LogP contribution is 2.18. The molecule has 8 nitrogen and oxygen atoms in total. The number of H-pyrrole nitrogens is 1. The average Bonchev–Trinajstić information content (AvgIpc) is 2.82. The van der Waals surface area contributed by atoms with E-state index in [4.69, 9.17) is 9.47 Å². The molecule has 0 aliphatic rings. The van der Waals surface area contributed by atoms with Crippen LogP contribution in [0.4, 0.5) is 0 Å². The summed E-state index contributed by atoms with van der Waals surface area (Å²) in [4.78, 5) is 27.2. The molecule has 0 bridgehead atoms. The molecule has 0 atom stereocenters. The van der Waals surface area contributed by atoms with Crippen molar-refractivity contribution < 1.29 is 14.3 Å². The number of carbonyl (C=O) groups is 1. The van der Waals surface area contributed by atoms with Crippen LogP contribution >= 0.6 is 0 Å². The van der Waals surface area contributed by atoms with E-state index in [-0.39, 0.29) is 30.0 Å². The van der Waals surface area contributed by atoms with Gasteiger partial charge in [0.25, 0.3) is 5.56 Å². The Morgan fingerprint density at radius 1 is 1.00 bits per heavy atom. The van der Waals surface area contributed by atoms with Crippen molar-refractivity contribution in [2.45, 2.75) is 32.6 Å². The van der Waals surface area contributed by atoms with E-state index in [1.54, 1.807) is 7.11 Å². The molecule has 3 rings (SSSR count). The molecule has 0 aliphatic carbocycles. The third-order valence-electron chi connectivity index (χ3n) is 4.85. The molecule has 2 aromatic carbocycles. The van der Waals surface area contributed by atoms with E-state index in [1.165, 1.54) is 0 Å². The number of ether oxygens (including phenoxy) is 2. The second-order valence-electron chi connectivity index (χ2n) is 7.27. The molecular weight excluding hydrogens is 408 g/mol. The summed E-state index contributed by atoms with van der Waals surface area (Å²) in [5, 5.41) is 11.0. The Labute approximate surface area is 187 Å². The van der Waals surface area contributed by atoms with Crippen molar-refractivity contribution in [2.24, 2.45) is 0 Å². The van der Waals surface area contributed by atoms with Gasteiger partial charge in [-0.2, -0.15) is 0 Å². The maximum Gasteiger partial charge on any atom is 0.273 e. The van der Waals surface area contributed by atoms with Crippen molar-refractivity contribution >= 4 is 5.91 Å². The van der Waals surface area contributed by atoms with Crippen LogP contribution in [0.1, 0.15) is 31.0 Å². The highest BCUT2D eigenvalue weighted by molar-refractivity contribution is 5.76. The van der Waals surface area contributed by atoms with Crippen molar-refractivity contribution in [1.82, 2.24) is 20.5 Å². The van der Waals surface area contributed by atoms with Crippen LogP contribution in [-0.2, 0) is 17.6 Å². The minimum atomic E-state index is -0.340. The molecule has 0 fully saturated rings. The van der Waals surface area contributed by atoms with Gasteiger partial charge >= 0.3 is 0 Å². The largest absolute Gasteiger partial charge is 0.497 e. The summed E-state index contributed by atoms with van der Waals surface area (Å²) in [5.74, 6) is 1.81. The number of aromatic nitrogens is 3. The lowest BCUT2D eigenvalue weighted by Crippen LogP contribution is -2.27. The lowest BCUT2D eigenvalue weighted by Gasteiger charge is -2.07. The van der Waals surface area contributed by atoms with Gasteiger partial charge in [0.05, 0.1) is 13.7 Å². The van der Waals surface area contributed by atoms with Gasteiger partial charge in [-0.15, -0.1) is 10.2 Å². The summed E-state index contributed by atoms with van der Waals surface area (Å²) in [5.41, 5.74) is 1.74. The average molecular weight is 437 g/mol. The zero-order valence-electron chi connectivity index (χ0n) is 18.4. The summed E-state index contributed by atoms with van der Waals surface area (Å²) in [6, 6.07) is 15.0. The number of nitrogens with zero attached hydrogens (tertiary/aromatic N) is 2. The molecule has 1 amide bonds. The highest BCUT2D eigenvalue weighted by atomic mass is 16.5. The number of hydrogen-bond acceptors (Lipinski definition) is 6. The summed E-state index contributed by atoms with van der Waals surface area (Å²) in [7, 11) is 1.62. The first-order valence-electron chi connectivity index (χ1n) is 10.7. The number of aromatic amines is 1. The first-order chi connectivity index (χ1) is 15.6. The Hall–Kier alpha value is -3.68. The summed E-state index contributed by atoms with van der Waals surface area (Å²) < 4.78 is 10.7. The zero-order valence-corrected chi connectivity index (χ0v) is 18.4. The van der Waals surface area contributed by atoms with E-state index in [0.29, 0.717) is 25.4 Å². The molecule has 1 heterocycles. The minimum Gasteiger partial charge on any atom is -0.497 e. The summed E-state index contributed by atoms with van der Waals surface area (Å²) in [6.07, 6.45) is 2.04. The second kappa shape index (κ2) is 11.6. The van der Waals surface area contributed by atoms with E-state index < -0.39 is 0 Å². The van der Waals surface area contributed by atoms with Gasteiger partial charge in [-0.1, -0.05) is 19.1 Å². The monoisotopic (exact) mass is 436 g/mol. The molecular formula is C24H28N4O4. The number of methoxy groups -OCH3 is 1. The maximum absolute atomic E-state index is 12.4. The molecule has 8 heteroatoms. The highest BCUT2D eigenvalue weighted by Gasteiger charge is 2.10. The fraction of sp³-hybridized carbons (Fsp3) is 0.333. The molecule has 0 unspecified atom stereocenters. The number of carbonyl (C=O) groups excluding carboxylic acids is 1. The Kier molecular flexibility index (Phi) is 8.36. The standard InChI is InChI=1S/C24H28N4O4/c1-3-16-32-20-10-6-18(7-11-20)23-26-24(30)21(27-28-23)12-13-22(29)25-15-14-17-4-8-19(31-2)9-5-17/h4-11H,3,12-16H2,1-2H3,(H,25,29)(H,26,28,30). The number of rotatable bonds is 11. The summed E-state index contributed by atoms with van der Waals surface area (Å²) >= 11 is 0. The number of nitrogens with one attached hydrogen (secondary N) is 2. The molecule has 0 radical (unpaired) electrons. The van der Waals surface area contributed by atoms with Gasteiger partial charge in [0.2, 0.25) is 5.91 Å². The smallest absolute Gasteiger partial charge is 0.273 e. The van der Waals surface area contributed by atoms with Gasteiger partial charge in [0, 0.05) is 24.9 Å². The second-order valence-corrected chi connectivity index (χ2v) is 7.27. The molecule has 0 aliphatic heterocycles. The van der Waals surface area contributed by atoms with Crippen molar-refractivity contribution in [3.8, 4) is 22.9 Å². The number of aryl methyl sites for hydroxylation is 1. The lowest BCUT2D eigenvalue weighted by atomic mass is 10.1. The van der Waals surface area contributed by atoms with Gasteiger partial charge in [-0.25, -0.2) is 0 Å². The Morgan fingerprint density at radius 2 is 1.72 bits per heavy atom. The molecule has 2 N–H and O–H groups in total. The molecule has 3 aromatic rings. The molecule has 1 aromatic heterocycles. The maximum atomic E-state index is 12.4. The van der Waals surface area contributed by atoms with E-state index in [2.05, 4.69) is 20.5 Å². The predicted octanol–water partition coefficient (Wildman–Crippen LogP) is 2.92. The third kappa shape index (κ3) is 6.66. The minimum absolute atomic E-state index is 0.133. The predicted molar refractivity (Wildman–Crippen MR) is 122 cm³/mol. The first-order valence-corrected chi connectivity index (χ1v) is 10.7. The molecule has 32 heavy (non-hydrogen) atoms. The van der Waals surface area contributed by atoms with Crippen LogP contribution in [0.15, 0.2) is 53.3 Å². The topological polar surface area (TPSA) is 106 Å². The van der Waals surface area contributed by atoms with Gasteiger partial charge in [0.1, 0.15) is 17.2 Å². The number of amides is 1. The normalized spacial score (nSPS) is 10.6. The van der Waals surface area contributed by atoms with E-state index >= 15 is 0 Å². The molecule has 0 spiro atoms. The van der Waals surface area contributed by atoms with E-state index in [0.717, 1.165) is 29.0 Å². The van der Waals surface area contributed by atoms with Crippen LogP contribution in [0.5, 0.6) is 11.5 Å². The van der Waals surface area contributed by atoms with Crippen LogP contribution in [0, 0.1) is 0 Å². The van der Waals surface area contributed by atoms with Crippen molar-refractivity contribution in [2.75, 3.05) is 20.3 Å². The van der Waals surface area contributed by atoms with Crippen LogP contribution < -0.4 is 20.3 Å². The SMILES string of the molecule is CCCOc1ccc(-c2nnc(CCC(=O)NCCc3ccc(OC)cc3)c(=O)[nH]2)cc1. The Balaban J connectivity index is 1.47. The molecule has 0 saturated carbocycles. The molecule has 168 valence electrons. The lowest BCUT2D eigenvalue weighted by molar-refractivity contribution is -0.121. The fourth-order valence-electron chi connectivity index (χ4n) is 3.04. The Bertz CT molecular complexity index is 1060. The van der Waals surface area contributed by atoms with Crippen LogP contribution in [0.25, 0.3) is 11.4 Å². The fourth-order valence-corrected chi connectivity index (χ4v) is 3.04. The first kappa shape index (κ1) is 23.0. The van der Waals surface area contributed by atoms with Crippen molar-refractivity contribution in [3.05, 3.63) is 70.1 Å². The quantitative estimate of drug-likeness (QED) is 0.479. The van der Waals surface area contributed by atoms with Gasteiger partial charge < -0.3 is 19.8 Å². The van der Waals surface area contributed by atoms with Gasteiger partial charge in [0.15, 0.2) is 5.82 Å². The number of benzene rings is 2. The van der Waals surface area contributed by atoms with Crippen molar-refractivity contribution in [3.63, 3.8) is 0 Å². The third-order valence-corrected chi connectivity index (χ3v) is 4.85. The van der Waals surface area contributed by atoms with Crippen LogP contribution in [0.2, 0.25) is 0 Å². The zero-order chi connectivity index (χ0) is 22.8. The van der Waals surface area contributed by atoms with E-state index in [9.17, 15) is 9.59 Å². The molecule has 0 saturated heterocycles. The van der Waals surface area contributed by atoms with Gasteiger partial charge in [-0.3, -0.25) is 9.59 Å². The Morgan fingerprint density at radius 3 is 2.38 bits per heavy atom. The number of hydrogen-bond donors (Lipinski definition) is 2. The van der Waals surface area contributed by atoms with E-state index in [1.807, 2.05) is 55.5 Å². The van der Waals surface area contributed by atoms with Crippen LogP contribution in [0.3, 0.4) is 0 Å². The van der Waals surface area contributed by atoms with Crippen LogP contribution in [-0.4, -0.2) is 41.3 Å². The van der Waals surface area contributed by atoms with Gasteiger partial charge in [-0.05, 0) is 54.8 Å². The summed E-state index contributed by atoms with van der Waals surface area (Å²) in [6.45, 7) is 3.21.